The highest BCUT2D eigenvalue weighted by atomic mass is 32.1. The molecular weight excluding hydrogens is 312 g/mol. The number of H-pyrrole nitrogens is 1. The first kappa shape index (κ1) is 14.3. The molecule has 0 spiro atoms. The van der Waals surface area contributed by atoms with Crippen LogP contribution >= 0.6 is 11.3 Å². The lowest BCUT2D eigenvalue weighted by Gasteiger charge is -2.02. The van der Waals surface area contributed by atoms with Crippen molar-refractivity contribution in [2.75, 3.05) is 0 Å². The van der Waals surface area contributed by atoms with Crippen LogP contribution in [0.3, 0.4) is 0 Å². The van der Waals surface area contributed by atoms with Crippen LogP contribution in [0.15, 0.2) is 29.8 Å². The molecule has 0 amide bonds. The second kappa shape index (κ2) is 6.02. The third-order valence-electron chi connectivity index (χ3n) is 2.86. The lowest BCUT2D eigenvalue weighted by atomic mass is 10.2. The van der Waals surface area contributed by atoms with Gasteiger partial charge in [0.1, 0.15) is 12.1 Å². The average Bonchev–Trinajstić information content (AvgIpc) is 3.11. The molecule has 0 aliphatic heterocycles. The molecule has 1 N–H and O–H groups in total. The molecule has 2 heterocycles. The maximum Gasteiger partial charge on any atom is 0.279 e. The van der Waals surface area contributed by atoms with Crippen molar-refractivity contribution in [1.29, 1.82) is 0 Å². The van der Waals surface area contributed by atoms with Crippen LogP contribution in [0, 0.1) is 11.6 Å². The number of carbonyl (C=O) groups excluding carboxylic acids is 1. The summed E-state index contributed by atoms with van der Waals surface area (Å²) in [6.07, 6.45) is 2.50. The number of thiazole rings is 1. The summed E-state index contributed by atoms with van der Waals surface area (Å²) in [6, 6.07) is 3.04. The number of nitrogens with zero attached hydrogens (tertiary/aromatic N) is 2. The standard InChI is InChI=1S/C14H9F2N3O2S/c15-8-1-2-13(10(16)5-8)21-14-18-12(7-22-14)9-6-17-19-11(9)3-4-20/h1-2,4-7H,3H2,(H,17,19). The van der Waals surface area contributed by atoms with E-state index in [1.165, 1.54) is 6.07 Å². The molecule has 0 aliphatic carbocycles. The van der Waals surface area contributed by atoms with Crippen LogP contribution in [0.1, 0.15) is 5.69 Å². The van der Waals surface area contributed by atoms with Gasteiger partial charge in [-0.3, -0.25) is 5.10 Å². The van der Waals surface area contributed by atoms with Gasteiger partial charge < -0.3 is 9.53 Å². The van der Waals surface area contributed by atoms with Crippen LogP contribution in [0.2, 0.25) is 0 Å². The van der Waals surface area contributed by atoms with Gasteiger partial charge in [0.15, 0.2) is 11.6 Å². The zero-order valence-electron chi connectivity index (χ0n) is 11.0. The molecule has 3 rings (SSSR count). The van der Waals surface area contributed by atoms with E-state index < -0.39 is 11.6 Å². The first-order valence-electron chi connectivity index (χ1n) is 6.22. The molecule has 22 heavy (non-hydrogen) atoms. The number of halogens is 2. The van der Waals surface area contributed by atoms with Crippen molar-refractivity contribution in [2.45, 2.75) is 6.42 Å². The van der Waals surface area contributed by atoms with E-state index in [0.29, 0.717) is 17.0 Å². The highest BCUT2D eigenvalue weighted by Gasteiger charge is 2.13. The predicted molar refractivity (Wildman–Crippen MR) is 75.9 cm³/mol. The van der Waals surface area contributed by atoms with Gasteiger partial charge in [-0.1, -0.05) is 11.3 Å². The first-order chi connectivity index (χ1) is 10.7. The Hall–Kier alpha value is -2.61. The molecule has 8 heteroatoms. The largest absolute Gasteiger partial charge is 0.428 e. The molecule has 5 nitrogen and oxygen atoms in total. The smallest absolute Gasteiger partial charge is 0.279 e. The number of aromatic nitrogens is 3. The maximum atomic E-state index is 13.5. The van der Waals surface area contributed by atoms with Gasteiger partial charge in [-0.25, -0.2) is 13.8 Å². The van der Waals surface area contributed by atoms with Crippen molar-refractivity contribution < 1.29 is 18.3 Å². The number of benzene rings is 1. The van der Waals surface area contributed by atoms with Crippen LogP contribution in [0.4, 0.5) is 8.78 Å². The molecular formula is C14H9F2N3O2S. The van der Waals surface area contributed by atoms with Crippen molar-refractivity contribution in [1.82, 2.24) is 15.2 Å². The van der Waals surface area contributed by atoms with E-state index in [2.05, 4.69) is 15.2 Å². The molecule has 3 aromatic rings. The van der Waals surface area contributed by atoms with Crippen molar-refractivity contribution in [3.05, 3.63) is 47.1 Å². The third kappa shape index (κ3) is 2.86. The lowest BCUT2D eigenvalue weighted by molar-refractivity contribution is -0.107. The second-order valence-electron chi connectivity index (χ2n) is 4.31. The Bertz CT molecular complexity index is 816. The second-order valence-corrected chi connectivity index (χ2v) is 5.13. The number of nitrogens with one attached hydrogen (secondary N) is 1. The predicted octanol–water partition coefficient (Wildman–Crippen LogP) is 3.35. The lowest BCUT2D eigenvalue weighted by Crippen LogP contribution is -1.91. The fourth-order valence-electron chi connectivity index (χ4n) is 1.85. The van der Waals surface area contributed by atoms with Gasteiger partial charge in [-0.15, -0.1) is 0 Å². The van der Waals surface area contributed by atoms with E-state index in [0.717, 1.165) is 29.8 Å². The Kier molecular flexibility index (Phi) is 3.92. The molecule has 0 radical (unpaired) electrons. The number of hydrogen-bond donors (Lipinski definition) is 1. The van der Waals surface area contributed by atoms with Crippen molar-refractivity contribution in [2.24, 2.45) is 0 Å². The number of hydrogen-bond acceptors (Lipinski definition) is 5. The minimum atomic E-state index is -0.804. The van der Waals surface area contributed by atoms with Gasteiger partial charge in [0.25, 0.3) is 5.19 Å². The van der Waals surface area contributed by atoms with Crippen molar-refractivity contribution >= 4 is 17.6 Å². The normalized spacial score (nSPS) is 10.6. The van der Waals surface area contributed by atoms with E-state index in [4.69, 9.17) is 4.74 Å². The molecule has 1 aromatic carbocycles. The first-order valence-corrected chi connectivity index (χ1v) is 7.10. The fourth-order valence-corrected chi connectivity index (χ4v) is 2.53. The molecule has 0 fully saturated rings. The Labute approximate surface area is 127 Å². The molecule has 0 saturated carbocycles. The topological polar surface area (TPSA) is 67.9 Å². The average molecular weight is 321 g/mol. The summed E-state index contributed by atoms with van der Waals surface area (Å²) >= 11 is 1.16. The SMILES string of the molecule is O=CCc1[nH]ncc1-c1csc(Oc2ccc(F)cc2F)n1. The van der Waals surface area contributed by atoms with Crippen molar-refractivity contribution in [3.8, 4) is 22.2 Å². The maximum absolute atomic E-state index is 13.5. The molecule has 0 bridgehead atoms. The van der Waals surface area contributed by atoms with E-state index >= 15 is 0 Å². The summed E-state index contributed by atoms with van der Waals surface area (Å²) in [7, 11) is 0. The van der Waals surface area contributed by atoms with Gasteiger partial charge in [-0.05, 0) is 12.1 Å². The minimum Gasteiger partial charge on any atom is -0.428 e. The van der Waals surface area contributed by atoms with Gasteiger partial charge in [0.05, 0.1) is 17.6 Å². The zero-order chi connectivity index (χ0) is 15.5. The Morgan fingerprint density at radius 2 is 2.23 bits per heavy atom. The summed E-state index contributed by atoms with van der Waals surface area (Å²) in [5, 5.41) is 8.50. The molecule has 112 valence electrons. The Morgan fingerprint density at radius 3 is 3.00 bits per heavy atom. The third-order valence-corrected chi connectivity index (χ3v) is 3.57. The van der Waals surface area contributed by atoms with Crippen LogP contribution < -0.4 is 4.74 Å². The summed E-state index contributed by atoms with van der Waals surface area (Å²) in [5.41, 5.74) is 1.88. The van der Waals surface area contributed by atoms with Crippen LogP contribution in [-0.4, -0.2) is 21.5 Å². The summed E-state index contributed by atoms with van der Waals surface area (Å²) in [4.78, 5) is 14.8. The van der Waals surface area contributed by atoms with Gasteiger partial charge >= 0.3 is 0 Å². The van der Waals surface area contributed by atoms with Gasteiger partial charge in [0, 0.05) is 23.4 Å². The quantitative estimate of drug-likeness (QED) is 0.732. The summed E-state index contributed by atoms with van der Waals surface area (Å²) in [6.45, 7) is 0. The van der Waals surface area contributed by atoms with E-state index in [9.17, 15) is 13.6 Å². The number of aromatic amines is 1. The summed E-state index contributed by atoms with van der Waals surface area (Å²) < 4.78 is 31.7. The van der Waals surface area contributed by atoms with E-state index in [1.807, 2.05) is 0 Å². The molecule has 0 saturated heterocycles. The number of ether oxygens (including phenoxy) is 1. The van der Waals surface area contributed by atoms with E-state index in [-0.39, 0.29) is 17.4 Å². The number of carbonyl (C=O) groups is 1. The number of rotatable bonds is 5. The highest BCUT2D eigenvalue weighted by Crippen LogP contribution is 2.32. The minimum absolute atomic E-state index is 0.109. The fraction of sp³-hybridized carbons (Fsp3) is 0.0714. The number of aldehydes is 1. The van der Waals surface area contributed by atoms with E-state index in [1.54, 1.807) is 11.6 Å². The van der Waals surface area contributed by atoms with Crippen LogP contribution in [0.25, 0.3) is 11.3 Å². The Morgan fingerprint density at radius 1 is 1.36 bits per heavy atom. The summed E-state index contributed by atoms with van der Waals surface area (Å²) in [5.74, 6) is -1.59. The van der Waals surface area contributed by atoms with Gasteiger partial charge in [0.2, 0.25) is 0 Å². The van der Waals surface area contributed by atoms with Crippen LogP contribution in [-0.2, 0) is 11.2 Å². The van der Waals surface area contributed by atoms with Gasteiger partial charge in [-0.2, -0.15) is 5.10 Å². The molecule has 2 aromatic heterocycles. The molecule has 0 unspecified atom stereocenters. The zero-order valence-corrected chi connectivity index (χ0v) is 11.9. The monoisotopic (exact) mass is 321 g/mol. The molecule has 0 atom stereocenters. The highest BCUT2D eigenvalue weighted by molar-refractivity contribution is 7.11. The molecule has 0 aliphatic rings. The Balaban J connectivity index is 1.84. The van der Waals surface area contributed by atoms with Crippen LogP contribution in [0.5, 0.6) is 10.9 Å². The van der Waals surface area contributed by atoms with Crippen molar-refractivity contribution in [3.63, 3.8) is 0 Å².